The van der Waals surface area contributed by atoms with Crippen molar-refractivity contribution >= 4 is 18.2 Å². The van der Waals surface area contributed by atoms with E-state index < -0.39 is 11.7 Å². The van der Waals surface area contributed by atoms with E-state index in [1.807, 2.05) is 20.8 Å². The van der Waals surface area contributed by atoms with E-state index in [4.69, 9.17) is 4.74 Å². The SMILES string of the molecule is CC(C)(C)OC(=O)NCC1CCC(C(=O)C=O)CC1. The van der Waals surface area contributed by atoms with Gasteiger partial charge in [0.05, 0.1) is 0 Å². The Bertz CT molecular complexity index is 338. The average Bonchev–Trinajstić information content (AvgIpc) is 2.34. The van der Waals surface area contributed by atoms with Crippen molar-refractivity contribution < 1.29 is 19.1 Å². The maximum absolute atomic E-state index is 11.5. The Balaban J connectivity index is 2.25. The van der Waals surface area contributed by atoms with Crippen LogP contribution in [0.4, 0.5) is 4.79 Å². The van der Waals surface area contributed by atoms with Crippen LogP contribution in [0.3, 0.4) is 0 Å². The maximum atomic E-state index is 11.5. The van der Waals surface area contributed by atoms with Crippen LogP contribution in [-0.2, 0) is 14.3 Å². The Morgan fingerprint density at radius 2 is 1.79 bits per heavy atom. The molecule has 1 amide bonds. The van der Waals surface area contributed by atoms with E-state index in [2.05, 4.69) is 5.32 Å². The first-order chi connectivity index (χ1) is 8.81. The smallest absolute Gasteiger partial charge is 0.407 e. The first kappa shape index (κ1) is 15.7. The van der Waals surface area contributed by atoms with Gasteiger partial charge in [-0.1, -0.05) is 0 Å². The van der Waals surface area contributed by atoms with Crippen LogP contribution in [0.1, 0.15) is 46.5 Å². The van der Waals surface area contributed by atoms with Gasteiger partial charge in [0.25, 0.3) is 0 Å². The van der Waals surface area contributed by atoms with E-state index in [0.29, 0.717) is 18.7 Å². The summed E-state index contributed by atoms with van der Waals surface area (Å²) < 4.78 is 5.16. The molecule has 0 aromatic rings. The van der Waals surface area contributed by atoms with E-state index >= 15 is 0 Å². The van der Waals surface area contributed by atoms with Crippen molar-refractivity contribution in [1.82, 2.24) is 5.32 Å². The second kappa shape index (κ2) is 6.68. The Morgan fingerprint density at radius 3 is 2.26 bits per heavy atom. The highest BCUT2D eigenvalue weighted by atomic mass is 16.6. The summed E-state index contributed by atoms with van der Waals surface area (Å²) in [6, 6.07) is 0. The summed E-state index contributed by atoms with van der Waals surface area (Å²) in [6.07, 6.45) is 3.21. The van der Waals surface area contributed by atoms with Crippen LogP contribution < -0.4 is 5.32 Å². The molecule has 5 nitrogen and oxygen atoms in total. The van der Waals surface area contributed by atoms with Gasteiger partial charge in [-0.15, -0.1) is 0 Å². The molecule has 0 unspecified atom stereocenters. The molecule has 1 aliphatic rings. The molecule has 0 bridgehead atoms. The van der Waals surface area contributed by atoms with Crippen molar-refractivity contribution in [2.75, 3.05) is 6.54 Å². The van der Waals surface area contributed by atoms with Gasteiger partial charge in [-0.3, -0.25) is 9.59 Å². The molecule has 1 fully saturated rings. The number of amides is 1. The molecule has 108 valence electrons. The fourth-order valence-corrected chi connectivity index (χ4v) is 2.29. The standard InChI is InChI=1S/C14H23NO4/c1-14(2,3)19-13(18)15-8-10-4-6-11(7-5-10)12(17)9-16/h9-11H,4-8H2,1-3H3,(H,15,18). The van der Waals surface area contributed by atoms with Gasteiger partial charge < -0.3 is 10.1 Å². The molecule has 0 radical (unpaired) electrons. The summed E-state index contributed by atoms with van der Waals surface area (Å²) in [4.78, 5) is 33.1. The van der Waals surface area contributed by atoms with Crippen LogP contribution in [0.25, 0.3) is 0 Å². The minimum atomic E-state index is -0.488. The number of carbonyl (C=O) groups excluding carboxylic acids is 3. The summed E-state index contributed by atoms with van der Waals surface area (Å²) >= 11 is 0. The predicted molar refractivity (Wildman–Crippen MR) is 70.8 cm³/mol. The van der Waals surface area contributed by atoms with E-state index in [9.17, 15) is 14.4 Å². The Morgan fingerprint density at radius 1 is 1.21 bits per heavy atom. The lowest BCUT2D eigenvalue weighted by atomic mass is 9.80. The molecule has 0 spiro atoms. The molecule has 1 rings (SSSR count). The summed E-state index contributed by atoms with van der Waals surface area (Å²) in [6.45, 7) is 6.03. The van der Waals surface area contributed by atoms with E-state index in [1.54, 1.807) is 0 Å². The lowest BCUT2D eigenvalue weighted by molar-refractivity contribution is -0.133. The molecule has 0 atom stereocenters. The second-order valence-corrected chi connectivity index (χ2v) is 6.12. The van der Waals surface area contributed by atoms with E-state index in [1.165, 1.54) is 0 Å². The van der Waals surface area contributed by atoms with Crippen molar-refractivity contribution in [3.05, 3.63) is 0 Å². The number of Topliss-reactive ketones (excluding diaryl/α,β-unsaturated/α-hetero) is 1. The quantitative estimate of drug-likeness (QED) is 0.626. The minimum Gasteiger partial charge on any atom is -0.444 e. The fourth-order valence-electron chi connectivity index (χ4n) is 2.29. The van der Waals surface area contributed by atoms with Crippen molar-refractivity contribution in [3.8, 4) is 0 Å². The van der Waals surface area contributed by atoms with Gasteiger partial charge in [0.1, 0.15) is 5.60 Å². The molecule has 1 N–H and O–H groups in total. The van der Waals surface area contributed by atoms with Crippen molar-refractivity contribution in [2.24, 2.45) is 11.8 Å². The third-order valence-corrected chi connectivity index (χ3v) is 3.30. The number of rotatable bonds is 4. The van der Waals surface area contributed by atoms with E-state index in [-0.39, 0.29) is 11.7 Å². The molecular weight excluding hydrogens is 246 g/mol. The van der Waals surface area contributed by atoms with Gasteiger partial charge in [-0.25, -0.2) is 4.79 Å². The highest BCUT2D eigenvalue weighted by molar-refractivity contribution is 6.25. The average molecular weight is 269 g/mol. The maximum Gasteiger partial charge on any atom is 0.407 e. The van der Waals surface area contributed by atoms with Gasteiger partial charge >= 0.3 is 6.09 Å². The number of alkyl carbamates (subject to hydrolysis) is 1. The molecule has 0 heterocycles. The fraction of sp³-hybridized carbons (Fsp3) is 0.786. The zero-order valence-electron chi connectivity index (χ0n) is 11.9. The number of aldehydes is 1. The highest BCUT2D eigenvalue weighted by Gasteiger charge is 2.26. The third-order valence-electron chi connectivity index (χ3n) is 3.30. The van der Waals surface area contributed by atoms with Crippen LogP contribution >= 0.6 is 0 Å². The number of ether oxygens (including phenoxy) is 1. The monoisotopic (exact) mass is 269 g/mol. The normalized spacial score (nSPS) is 23.5. The lowest BCUT2D eigenvalue weighted by Crippen LogP contribution is -2.36. The van der Waals surface area contributed by atoms with Gasteiger partial charge in [0.15, 0.2) is 12.1 Å². The largest absolute Gasteiger partial charge is 0.444 e. The molecule has 0 aromatic heterocycles. The Hall–Kier alpha value is -1.39. The van der Waals surface area contributed by atoms with Crippen LogP contribution in [0.2, 0.25) is 0 Å². The number of carbonyl (C=O) groups is 3. The molecule has 0 aliphatic heterocycles. The summed E-state index contributed by atoms with van der Waals surface area (Å²) in [7, 11) is 0. The number of hydrogen-bond donors (Lipinski definition) is 1. The first-order valence-corrected chi connectivity index (χ1v) is 6.77. The molecule has 0 saturated heterocycles. The van der Waals surface area contributed by atoms with Crippen LogP contribution in [-0.4, -0.2) is 30.3 Å². The lowest BCUT2D eigenvalue weighted by Gasteiger charge is -2.27. The molecule has 0 aromatic carbocycles. The second-order valence-electron chi connectivity index (χ2n) is 6.12. The van der Waals surface area contributed by atoms with Crippen LogP contribution in [0, 0.1) is 11.8 Å². The van der Waals surface area contributed by atoms with Crippen LogP contribution in [0.15, 0.2) is 0 Å². The van der Waals surface area contributed by atoms with E-state index in [0.717, 1.165) is 25.7 Å². The summed E-state index contributed by atoms with van der Waals surface area (Å²) in [5, 5.41) is 2.75. The van der Waals surface area contributed by atoms with Crippen molar-refractivity contribution in [1.29, 1.82) is 0 Å². The number of hydrogen-bond acceptors (Lipinski definition) is 4. The molecule has 19 heavy (non-hydrogen) atoms. The van der Waals surface area contributed by atoms with Crippen LogP contribution in [0.5, 0.6) is 0 Å². The number of nitrogens with one attached hydrogen (secondary N) is 1. The highest BCUT2D eigenvalue weighted by Crippen LogP contribution is 2.28. The Kier molecular flexibility index (Phi) is 5.51. The first-order valence-electron chi connectivity index (χ1n) is 6.77. The molecule has 5 heteroatoms. The van der Waals surface area contributed by atoms with Gasteiger partial charge in [-0.05, 0) is 52.4 Å². The molecule has 1 saturated carbocycles. The topological polar surface area (TPSA) is 72.5 Å². The summed E-state index contributed by atoms with van der Waals surface area (Å²) in [5.74, 6) is -0.0444. The van der Waals surface area contributed by atoms with Crippen molar-refractivity contribution in [2.45, 2.75) is 52.1 Å². The van der Waals surface area contributed by atoms with Gasteiger partial charge in [-0.2, -0.15) is 0 Å². The van der Waals surface area contributed by atoms with Crippen molar-refractivity contribution in [3.63, 3.8) is 0 Å². The minimum absolute atomic E-state index is 0.115. The Labute approximate surface area is 114 Å². The predicted octanol–water partition coefficient (Wildman–Crippen LogP) is 2.09. The summed E-state index contributed by atoms with van der Waals surface area (Å²) in [5.41, 5.74) is -0.488. The van der Waals surface area contributed by atoms with Gasteiger partial charge in [0.2, 0.25) is 0 Å². The third kappa shape index (κ3) is 5.85. The zero-order valence-corrected chi connectivity index (χ0v) is 11.9. The molecular formula is C14H23NO4. The number of ketones is 1. The van der Waals surface area contributed by atoms with Gasteiger partial charge in [0, 0.05) is 12.5 Å². The zero-order chi connectivity index (χ0) is 14.5. The molecule has 1 aliphatic carbocycles.